The average Bonchev–Trinajstić information content (AvgIpc) is 2.75. The molecule has 0 bridgehead atoms. The zero-order valence-electron chi connectivity index (χ0n) is 15.8. The Morgan fingerprint density at radius 1 is 1.00 bits per heavy atom. The number of allylic oxidation sites excluding steroid dienone is 3. The molecule has 0 N–H and O–H groups in total. The van der Waals surface area contributed by atoms with Crippen LogP contribution in [0.3, 0.4) is 0 Å². The van der Waals surface area contributed by atoms with E-state index in [2.05, 4.69) is 77.1 Å². The first-order valence-corrected chi connectivity index (χ1v) is 9.14. The topological polar surface area (TPSA) is 18.5 Å². The molecule has 0 saturated carbocycles. The van der Waals surface area contributed by atoms with E-state index in [1.807, 2.05) is 6.07 Å². The van der Waals surface area contributed by atoms with Crippen LogP contribution in [0.25, 0.3) is 6.08 Å². The van der Waals surface area contributed by atoms with Gasteiger partial charge in [0.2, 0.25) is 0 Å². The van der Waals surface area contributed by atoms with Gasteiger partial charge >= 0.3 is 7.12 Å². The molecular weight excluding hydrogens is 295 g/mol. The molecular formula is C21H31BO2. The molecule has 1 aromatic rings. The lowest BCUT2D eigenvalue weighted by molar-refractivity contribution is 0.00578. The van der Waals surface area contributed by atoms with Crippen LogP contribution in [0.1, 0.15) is 65.9 Å². The molecule has 0 spiro atoms. The number of benzene rings is 1. The molecule has 0 radical (unpaired) electrons. The standard InChI is InChI=1S/C21H31BO2/c1-6-7-8-9-13-16-19(17-18-14-11-10-12-15-18)22-23-20(2,3)21(4,5)24-22/h10-17H,6-9H2,1-5H3/b16-13+,19-17-. The van der Waals surface area contributed by atoms with Gasteiger partial charge in [-0.1, -0.05) is 68.3 Å². The Bertz CT molecular complexity index is 557. The fourth-order valence-corrected chi connectivity index (χ4v) is 2.65. The first-order chi connectivity index (χ1) is 11.4. The van der Waals surface area contributed by atoms with Crippen LogP contribution in [0.5, 0.6) is 0 Å². The van der Waals surface area contributed by atoms with E-state index in [1.165, 1.54) is 24.8 Å². The molecule has 1 aromatic carbocycles. The van der Waals surface area contributed by atoms with E-state index < -0.39 is 0 Å². The maximum absolute atomic E-state index is 6.23. The number of rotatable bonds is 7. The number of unbranched alkanes of at least 4 members (excludes halogenated alkanes) is 3. The second-order valence-electron chi connectivity index (χ2n) is 7.54. The molecule has 1 heterocycles. The van der Waals surface area contributed by atoms with E-state index in [4.69, 9.17) is 9.31 Å². The van der Waals surface area contributed by atoms with Crippen LogP contribution in [0.2, 0.25) is 0 Å². The van der Waals surface area contributed by atoms with Crippen LogP contribution in [0.4, 0.5) is 0 Å². The highest BCUT2D eigenvalue weighted by Crippen LogP contribution is 2.39. The second kappa shape index (κ2) is 8.18. The van der Waals surface area contributed by atoms with E-state index in [0.717, 1.165) is 11.9 Å². The minimum atomic E-state index is -0.322. The summed E-state index contributed by atoms with van der Waals surface area (Å²) in [7, 11) is -0.322. The lowest BCUT2D eigenvalue weighted by Gasteiger charge is -2.32. The number of hydrogen-bond acceptors (Lipinski definition) is 2. The fourth-order valence-electron chi connectivity index (χ4n) is 2.65. The summed E-state index contributed by atoms with van der Waals surface area (Å²) in [6, 6.07) is 10.4. The minimum Gasteiger partial charge on any atom is -0.399 e. The van der Waals surface area contributed by atoms with Crippen molar-refractivity contribution < 1.29 is 9.31 Å². The highest BCUT2D eigenvalue weighted by molar-refractivity contribution is 6.56. The van der Waals surface area contributed by atoms with Crippen LogP contribution < -0.4 is 0 Å². The minimum absolute atomic E-state index is 0.316. The quantitative estimate of drug-likeness (QED) is 0.356. The Balaban J connectivity index is 2.19. The molecule has 130 valence electrons. The van der Waals surface area contributed by atoms with Crippen LogP contribution in [-0.2, 0) is 9.31 Å². The smallest absolute Gasteiger partial charge is 0.399 e. The highest BCUT2D eigenvalue weighted by Gasteiger charge is 2.51. The van der Waals surface area contributed by atoms with Crippen molar-refractivity contribution in [1.29, 1.82) is 0 Å². The van der Waals surface area contributed by atoms with Gasteiger partial charge in [0, 0.05) is 0 Å². The van der Waals surface area contributed by atoms with Crippen molar-refractivity contribution in [3.05, 3.63) is 53.5 Å². The molecule has 0 aliphatic carbocycles. The molecule has 1 aliphatic rings. The number of hydrogen-bond donors (Lipinski definition) is 0. The molecule has 3 heteroatoms. The van der Waals surface area contributed by atoms with Gasteiger partial charge < -0.3 is 9.31 Å². The maximum atomic E-state index is 6.23. The molecule has 2 nitrogen and oxygen atoms in total. The van der Waals surface area contributed by atoms with Gasteiger partial charge in [-0.3, -0.25) is 0 Å². The Labute approximate surface area is 148 Å². The van der Waals surface area contributed by atoms with E-state index >= 15 is 0 Å². The summed E-state index contributed by atoms with van der Waals surface area (Å²) in [5.74, 6) is 0. The third-order valence-electron chi connectivity index (χ3n) is 4.94. The molecule has 0 amide bonds. The van der Waals surface area contributed by atoms with E-state index in [0.29, 0.717) is 0 Å². The fraction of sp³-hybridized carbons (Fsp3) is 0.524. The average molecular weight is 326 g/mol. The third kappa shape index (κ3) is 4.84. The van der Waals surface area contributed by atoms with E-state index in [9.17, 15) is 0 Å². The van der Waals surface area contributed by atoms with Gasteiger partial charge in [-0.15, -0.1) is 0 Å². The Morgan fingerprint density at radius 3 is 2.21 bits per heavy atom. The maximum Gasteiger partial charge on any atom is 0.494 e. The summed E-state index contributed by atoms with van der Waals surface area (Å²) < 4.78 is 12.5. The van der Waals surface area contributed by atoms with Gasteiger partial charge in [-0.2, -0.15) is 0 Å². The summed E-state index contributed by atoms with van der Waals surface area (Å²) in [5, 5.41) is 0. The molecule has 0 aromatic heterocycles. The largest absolute Gasteiger partial charge is 0.494 e. The summed E-state index contributed by atoms with van der Waals surface area (Å²) in [5.41, 5.74) is 1.62. The van der Waals surface area contributed by atoms with Crippen molar-refractivity contribution in [2.75, 3.05) is 0 Å². The van der Waals surface area contributed by atoms with Crippen molar-refractivity contribution in [2.45, 2.75) is 71.5 Å². The Hall–Kier alpha value is -1.32. The first kappa shape index (κ1) is 19.0. The van der Waals surface area contributed by atoms with Crippen molar-refractivity contribution in [3.8, 4) is 0 Å². The van der Waals surface area contributed by atoms with Gasteiger partial charge in [0.1, 0.15) is 0 Å². The lowest BCUT2D eigenvalue weighted by Crippen LogP contribution is -2.41. The third-order valence-corrected chi connectivity index (χ3v) is 4.94. The zero-order chi connectivity index (χ0) is 17.6. The van der Waals surface area contributed by atoms with Gasteiger partial charge in [-0.05, 0) is 51.6 Å². The molecule has 1 aliphatic heterocycles. The first-order valence-electron chi connectivity index (χ1n) is 9.14. The summed E-state index contributed by atoms with van der Waals surface area (Å²) >= 11 is 0. The van der Waals surface area contributed by atoms with Crippen LogP contribution in [0, 0.1) is 0 Å². The van der Waals surface area contributed by atoms with Crippen LogP contribution in [0.15, 0.2) is 48.0 Å². The second-order valence-corrected chi connectivity index (χ2v) is 7.54. The Kier molecular flexibility index (Phi) is 6.48. The normalized spacial score (nSPS) is 20.0. The molecule has 0 atom stereocenters. The van der Waals surface area contributed by atoms with Crippen molar-refractivity contribution >= 4 is 13.2 Å². The van der Waals surface area contributed by atoms with E-state index in [1.54, 1.807) is 0 Å². The molecule has 1 fully saturated rings. The SMILES string of the molecule is CCCCC/C=C/C(=C/c1ccccc1)B1OC(C)(C)C(C)(C)O1. The van der Waals surface area contributed by atoms with Gasteiger partial charge in [0.15, 0.2) is 0 Å². The zero-order valence-corrected chi connectivity index (χ0v) is 15.8. The Morgan fingerprint density at radius 2 is 1.62 bits per heavy atom. The van der Waals surface area contributed by atoms with Gasteiger partial charge in [0.05, 0.1) is 11.2 Å². The summed E-state index contributed by atoms with van der Waals surface area (Å²) in [6.45, 7) is 10.6. The monoisotopic (exact) mass is 326 g/mol. The van der Waals surface area contributed by atoms with Gasteiger partial charge in [0.25, 0.3) is 0 Å². The van der Waals surface area contributed by atoms with E-state index in [-0.39, 0.29) is 18.3 Å². The predicted octanol–water partition coefficient (Wildman–Crippen LogP) is 5.84. The molecule has 2 rings (SSSR count). The van der Waals surface area contributed by atoms with Crippen molar-refractivity contribution in [1.82, 2.24) is 0 Å². The van der Waals surface area contributed by atoms with Crippen LogP contribution >= 0.6 is 0 Å². The highest BCUT2D eigenvalue weighted by atomic mass is 16.7. The molecule has 0 unspecified atom stereocenters. The molecule has 1 saturated heterocycles. The predicted molar refractivity (Wildman–Crippen MR) is 104 cm³/mol. The lowest BCUT2D eigenvalue weighted by atomic mass is 9.76. The van der Waals surface area contributed by atoms with Crippen LogP contribution in [-0.4, -0.2) is 18.3 Å². The van der Waals surface area contributed by atoms with Crippen molar-refractivity contribution in [2.24, 2.45) is 0 Å². The molecule has 24 heavy (non-hydrogen) atoms. The van der Waals surface area contributed by atoms with Gasteiger partial charge in [-0.25, -0.2) is 0 Å². The summed E-state index contributed by atoms with van der Waals surface area (Å²) in [6.07, 6.45) is 11.4. The summed E-state index contributed by atoms with van der Waals surface area (Å²) in [4.78, 5) is 0. The van der Waals surface area contributed by atoms with Crippen molar-refractivity contribution in [3.63, 3.8) is 0 Å².